The highest BCUT2D eigenvalue weighted by atomic mass is 19.1. The number of carbonyl (C=O) groups is 2. The average molecular weight is 670 g/mol. The summed E-state index contributed by atoms with van der Waals surface area (Å²) in [5, 5.41) is 7.78. The first kappa shape index (κ1) is 32.9. The Morgan fingerprint density at radius 1 is 1.04 bits per heavy atom. The molecular formula is C38H44FN5O5. The van der Waals surface area contributed by atoms with Crippen LogP contribution in [-0.4, -0.2) is 72.4 Å². The van der Waals surface area contributed by atoms with Gasteiger partial charge in [0.1, 0.15) is 22.4 Å². The molecule has 10 nitrogen and oxygen atoms in total. The lowest BCUT2D eigenvalue weighted by molar-refractivity contribution is 0.0508. The van der Waals surface area contributed by atoms with Gasteiger partial charge in [-0.3, -0.25) is 9.59 Å². The standard InChI is InChI=1S/C38H44FN5O5/c1-23-10-15-42(16-11-23)14-7-13-40-36(46)28-22-44-30-18-24-8-5-6-9-25(24)19-31(30)48-35-32(44)27(34(28)45)20-29(39)33(35)43-17-12-26(21-43)41-37(47)49-38(2,3)4/h5-6,8-9,18-20,22-23,26H,7,10-17,21H2,1-4H3,(H,40,46)(H,41,47). The normalized spacial score (nSPS) is 18.0. The highest BCUT2D eigenvalue weighted by Gasteiger charge is 2.34. The molecule has 0 saturated carbocycles. The van der Waals surface area contributed by atoms with E-state index in [1.807, 2.05) is 41.3 Å². The number of alkyl carbamates (subject to hydrolysis) is 1. The number of piperidine rings is 1. The topological polar surface area (TPSA) is 105 Å². The van der Waals surface area contributed by atoms with Crippen LogP contribution in [0.25, 0.3) is 27.4 Å². The average Bonchev–Trinajstić information content (AvgIpc) is 3.50. The van der Waals surface area contributed by atoms with Crippen molar-refractivity contribution >= 4 is 39.4 Å². The number of halogens is 1. The number of carbonyl (C=O) groups excluding carboxylic acids is 2. The van der Waals surface area contributed by atoms with Crippen LogP contribution in [0.3, 0.4) is 0 Å². The van der Waals surface area contributed by atoms with Crippen molar-refractivity contribution in [3.05, 3.63) is 70.3 Å². The molecule has 2 saturated heterocycles. The summed E-state index contributed by atoms with van der Waals surface area (Å²) in [5.74, 6) is 0.310. The van der Waals surface area contributed by atoms with Crippen LogP contribution in [0, 0.1) is 11.7 Å². The second-order valence-electron chi connectivity index (χ2n) is 14.7. The predicted octanol–water partition coefficient (Wildman–Crippen LogP) is 6.34. The van der Waals surface area contributed by atoms with E-state index in [9.17, 15) is 14.4 Å². The van der Waals surface area contributed by atoms with Gasteiger partial charge < -0.3 is 34.5 Å². The maximum Gasteiger partial charge on any atom is 0.407 e. The fourth-order valence-corrected chi connectivity index (χ4v) is 7.19. The van der Waals surface area contributed by atoms with Gasteiger partial charge in [0.05, 0.1) is 17.1 Å². The van der Waals surface area contributed by atoms with Crippen molar-refractivity contribution in [3.8, 4) is 17.2 Å². The smallest absolute Gasteiger partial charge is 0.407 e. The van der Waals surface area contributed by atoms with E-state index in [-0.39, 0.29) is 28.4 Å². The maximum absolute atomic E-state index is 16.3. The van der Waals surface area contributed by atoms with Gasteiger partial charge in [0.15, 0.2) is 17.3 Å². The molecule has 1 unspecified atom stereocenters. The van der Waals surface area contributed by atoms with Crippen LogP contribution in [0.1, 0.15) is 63.7 Å². The lowest BCUT2D eigenvalue weighted by Crippen LogP contribution is -2.40. The van der Waals surface area contributed by atoms with E-state index in [1.165, 1.54) is 18.9 Å². The number of hydrogen-bond donors (Lipinski definition) is 2. The lowest BCUT2D eigenvalue weighted by Gasteiger charge is -2.30. The monoisotopic (exact) mass is 669 g/mol. The van der Waals surface area contributed by atoms with Gasteiger partial charge in [-0.05, 0) is 101 Å². The Bertz CT molecular complexity index is 2000. The number of nitrogens with zero attached hydrogens (tertiary/aromatic N) is 3. The van der Waals surface area contributed by atoms with Gasteiger partial charge in [-0.1, -0.05) is 31.2 Å². The summed E-state index contributed by atoms with van der Waals surface area (Å²) in [6, 6.07) is 12.6. The number of rotatable bonds is 7. The van der Waals surface area contributed by atoms with Gasteiger partial charge in [-0.15, -0.1) is 0 Å². The van der Waals surface area contributed by atoms with E-state index in [4.69, 9.17) is 9.47 Å². The summed E-state index contributed by atoms with van der Waals surface area (Å²) in [6.45, 7) is 11.9. The minimum atomic E-state index is -0.645. The molecule has 49 heavy (non-hydrogen) atoms. The largest absolute Gasteiger partial charge is 0.451 e. The number of anilines is 1. The first-order chi connectivity index (χ1) is 23.4. The van der Waals surface area contributed by atoms with Gasteiger partial charge in [-0.2, -0.15) is 0 Å². The fourth-order valence-electron chi connectivity index (χ4n) is 7.19. The van der Waals surface area contributed by atoms with Crippen LogP contribution in [0.2, 0.25) is 0 Å². The Balaban J connectivity index is 1.23. The quantitative estimate of drug-likeness (QED) is 0.195. The summed E-state index contributed by atoms with van der Waals surface area (Å²) in [6.07, 6.45) is 4.74. The predicted molar refractivity (Wildman–Crippen MR) is 189 cm³/mol. The van der Waals surface area contributed by atoms with E-state index in [0.29, 0.717) is 43.0 Å². The molecule has 2 N–H and O–H groups in total. The van der Waals surface area contributed by atoms with Gasteiger partial charge in [-0.25, -0.2) is 9.18 Å². The van der Waals surface area contributed by atoms with Crippen molar-refractivity contribution in [1.82, 2.24) is 20.1 Å². The molecule has 4 aromatic rings. The third-order valence-electron chi connectivity index (χ3n) is 9.75. The second kappa shape index (κ2) is 13.0. The molecular weight excluding hydrogens is 625 g/mol. The van der Waals surface area contributed by atoms with Crippen LogP contribution in [0.4, 0.5) is 14.9 Å². The van der Waals surface area contributed by atoms with Gasteiger partial charge >= 0.3 is 6.09 Å². The summed E-state index contributed by atoms with van der Waals surface area (Å²) in [4.78, 5) is 44.2. The number of nitrogens with one attached hydrogen (secondary N) is 2. The summed E-state index contributed by atoms with van der Waals surface area (Å²) in [5.41, 5.74) is -0.0114. The number of likely N-dealkylation sites (tertiary alicyclic amines) is 1. The molecule has 0 radical (unpaired) electrons. The van der Waals surface area contributed by atoms with Crippen LogP contribution in [-0.2, 0) is 4.74 Å². The van der Waals surface area contributed by atoms with Crippen LogP contribution >= 0.6 is 0 Å². The lowest BCUT2D eigenvalue weighted by atomic mass is 9.99. The van der Waals surface area contributed by atoms with Gasteiger partial charge in [0.2, 0.25) is 5.43 Å². The minimum Gasteiger partial charge on any atom is -0.451 e. The van der Waals surface area contributed by atoms with Crippen molar-refractivity contribution in [1.29, 1.82) is 0 Å². The molecule has 11 heteroatoms. The Kier molecular flexibility index (Phi) is 8.73. The maximum atomic E-state index is 16.3. The third-order valence-corrected chi connectivity index (χ3v) is 9.75. The van der Waals surface area contributed by atoms with E-state index >= 15 is 4.39 Å². The van der Waals surface area contributed by atoms with Crippen molar-refractivity contribution in [2.24, 2.45) is 5.92 Å². The second-order valence-corrected chi connectivity index (χ2v) is 14.7. The number of amides is 2. The number of pyridine rings is 1. The Morgan fingerprint density at radius 3 is 2.51 bits per heavy atom. The van der Waals surface area contributed by atoms with Gasteiger partial charge in [0, 0.05) is 25.8 Å². The highest BCUT2D eigenvalue weighted by molar-refractivity contribution is 6.02. The molecule has 1 atom stereocenters. The number of benzene rings is 3. The molecule has 2 fully saturated rings. The molecule has 3 aliphatic rings. The number of fused-ring (bicyclic) bond motifs is 3. The molecule has 0 bridgehead atoms. The molecule has 258 valence electrons. The molecule has 1 aromatic heterocycles. The minimum absolute atomic E-state index is 0.0544. The van der Waals surface area contributed by atoms with Gasteiger partial charge in [0.25, 0.3) is 5.91 Å². The molecule has 3 aromatic carbocycles. The highest BCUT2D eigenvalue weighted by Crippen LogP contribution is 2.48. The molecule has 0 spiro atoms. The summed E-state index contributed by atoms with van der Waals surface area (Å²) in [7, 11) is 0. The van der Waals surface area contributed by atoms with Crippen LogP contribution in [0.5, 0.6) is 11.5 Å². The Morgan fingerprint density at radius 2 is 1.78 bits per heavy atom. The van der Waals surface area contributed by atoms with E-state index in [0.717, 1.165) is 42.7 Å². The first-order valence-electron chi connectivity index (χ1n) is 17.3. The molecule has 3 aliphatic heterocycles. The number of ether oxygens (including phenoxy) is 2. The fraction of sp³-hybridized carbons (Fsp3) is 0.447. The van der Waals surface area contributed by atoms with E-state index < -0.39 is 28.8 Å². The number of hydrogen-bond acceptors (Lipinski definition) is 7. The molecule has 2 amide bonds. The molecule has 0 aliphatic carbocycles. The summed E-state index contributed by atoms with van der Waals surface area (Å²) < 4.78 is 30.0. The third kappa shape index (κ3) is 6.68. The van der Waals surface area contributed by atoms with Crippen LogP contribution < -0.4 is 25.7 Å². The molecule has 4 heterocycles. The van der Waals surface area contributed by atoms with Crippen LogP contribution in [0.15, 0.2) is 53.5 Å². The number of aromatic nitrogens is 1. The van der Waals surface area contributed by atoms with E-state index in [1.54, 1.807) is 31.5 Å². The Hall–Kier alpha value is -4.64. The molecule has 7 rings (SSSR count). The zero-order chi connectivity index (χ0) is 34.4. The van der Waals surface area contributed by atoms with Crippen molar-refractivity contribution in [2.45, 2.75) is 65.0 Å². The van der Waals surface area contributed by atoms with Crippen molar-refractivity contribution < 1.29 is 23.5 Å². The van der Waals surface area contributed by atoms with Crippen molar-refractivity contribution in [2.75, 3.05) is 44.2 Å². The van der Waals surface area contributed by atoms with E-state index in [2.05, 4.69) is 22.5 Å². The first-order valence-corrected chi connectivity index (χ1v) is 17.3. The Labute approximate surface area is 285 Å². The zero-order valence-corrected chi connectivity index (χ0v) is 28.6. The van der Waals surface area contributed by atoms with Crippen molar-refractivity contribution in [3.63, 3.8) is 0 Å². The zero-order valence-electron chi connectivity index (χ0n) is 28.6. The summed E-state index contributed by atoms with van der Waals surface area (Å²) >= 11 is 0. The SMILES string of the molecule is CC1CCN(CCCNC(=O)c2cn3c4c(c(N5CCC(NC(=O)OC(C)(C)C)C5)c(F)cc4c2=O)Oc2cc4ccccc4cc2-3)CC1.